The van der Waals surface area contributed by atoms with Gasteiger partial charge in [0.25, 0.3) is 0 Å². The second kappa shape index (κ2) is 5.32. The molecule has 0 rings (SSSR count). The molecule has 0 amide bonds. The average Bonchev–Trinajstić information content (AvgIpc) is 1.95. The second-order valence-corrected chi connectivity index (χ2v) is 4.77. The molecule has 4 heteroatoms. The van der Waals surface area contributed by atoms with E-state index >= 15 is 0 Å². The lowest BCUT2D eigenvalue weighted by molar-refractivity contribution is -0.874. The molecule has 4 nitrogen and oxygen atoms in total. The molecule has 0 saturated heterocycles. The van der Waals surface area contributed by atoms with Crippen LogP contribution < -0.4 is 0 Å². The van der Waals surface area contributed by atoms with E-state index in [1.165, 1.54) is 0 Å². The Morgan fingerprint density at radius 1 is 1.36 bits per heavy atom. The maximum Gasteiger partial charge on any atom is 0.309 e. The Morgan fingerprint density at radius 2 is 1.86 bits per heavy atom. The molecule has 0 heterocycles. The quantitative estimate of drug-likeness (QED) is 0.621. The van der Waals surface area contributed by atoms with Gasteiger partial charge in [-0.1, -0.05) is 13.3 Å². The van der Waals surface area contributed by atoms with Gasteiger partial charge in [0, 0.05) is 0 Å². The molecule has 0 saturated carbocycles. The van der Waals surface area contributed by atoms with Crippen molar-refractivity contribution in [3.8, 4) is 0 Å². The molecule has 0 fully saturated rings. The lowest BCUT2D eigenvalue weighted by Gasteiger charge is -2.29. The zero-order valence-electron chi connectivity index (χ0n) is 9.53. The van der Waals surface area contributed by atoms with Crippen LogP contribution >= 0.6 is 0 Å². The zero-order valence-corrected chi connectivity index (χ0v) is 9.53. The van der Waals surface area contributed by atoms with E-state index in [0.717, 1.165) is 6.42 Å². The Balaban J connectivity index is 4.29. The fraction of sp³-hybridized carbons (Fsp3) is 0.900. The molecular weight excluding hydrogens is 182 g/mol. The van der Waals surface area contributed by atoms with E-state index in [1.807, 2.05) is 28.1 Å². The molecule has 0 radical (unpaired) electrons. The molecule has 0 aliphatic rings. The third-order valence-corrected chi connectivity index (χ3v) is 2.12. The summed E-state index contributed by atoms with van der Waals surface area (Å²) < 4.78 is 0.578. The van der Waals surface area contributed by atoms with E-state index in [2.05, 4.69) is 0 Å². The molecule has 84 valence electrons. The largest absolute Gasteiger partial charge is 0.481 e. The van der Waals surface area contributed by atoms with Crippen LogP contribution in [-0.4, -0.2) is 54.5 Å². The van der Waals surface area contributed by atoms with Gasteiger partial charge in [0.1, 0.15) is 12.6 Å². The average molecular weight is 204 g/mol. The first-order chi connectivity index (χ1) is 6.28. The van der Waals surface area contributed by atoms with Gasteiger partial charge >= 0.3 is 5.97 Å². The molecule has 0 aromatic rings. The predicted octanol–water partition coefficient (Wildman–Crippen LogP) is 0.554. The van der Waals surface area contributed by atoms with Gasteiger partial charge in [-0.2, -0.15) is 0 Å². The molecule has 0 aliphatic carbocycles. The third-order valence-electron chi connectivity index (χ3n) is 2.12. The minimum Gasteiger partial charge on any atom is -0.481 e. The van der Waals surface area contributed by atoms with Crippen LogP contribution in [0, 0.1) is 5.92 Å². The zero-order chi connectivity index (χ0) is 11.4. The lowest BCUT2D eigenvalue weighted by Crippen LogP contribution is -2.45. The lowest BCUT2D eigenvalue weighted by atomic mass is 9.96. The van der Waals surface area contributed by atoms with Gasteiger partial charge in [0.2, 0.25) is 0 Å². The molecule has 14 heavy (non-hydrogen) atoms. The van der Waals surface area contributed by atoms with E-state index in [9.17, 15) is 9.90 Å². The number of carboxylic acid groups (broad SMARTS) is 1. The molecule has 0 aromatic carbocycles. The summed E-state index contributed by atoms with van der Waals surface area (Å²) >= 11 is 0. The maximum atomic E-state index is 10.8. The molecular formula is C10H22NO3+. The SMILES string of the molecule is CCCC(C(=O)O)C(O)C[N+](C)(C)C. The van der Waals surface area contributed by atoms with Crippen LogP contribution in [0.3, 0.4) is 0 Å². The smallest absolute Gasteiger partial charge is 0.309 e. The number of likely N-dealkylation sites (N-methyl/N-ethyl adjacent to an activating group) is 1. The van der Waals surface area contributed by atoms with Gasteiger partial charge in [-0.15, -0.1) is 0 Å². The highest BCUT2D eigenvalue weighted by molar-refractivity contribution is 5.70. The van der Waals surface area contributed by atoms with Gasteiger partial charge in [0.05, 0.1) is 27.1 Å². The number of carboxylic acids is 1. The molecule has 2 unspecified atom stereocenters. The number of carbonyl (C=O) groups is 1. The van der Waals surface area contributed by atoms with Crippen molar-refractivity contribution in [2.24, 2.45) is 5.92 Å². The Hall–Kier alpha value is -0.610. The number of aliphatic carboxylic acids is 1. The molecule has 0 bridgehead atoms. The molecule has 0 spiro atoms. The van der Waals surface area contributed by atoms with Crippen LogP contribution in [0.5, 0.6) is 0 Å². The predicted molar refractivity (Wildman–Crippen MR) is 54.9 cm³/mol. The first-order valence-electron chi connectivity index (χ1n) is 4.99. The number of aliphatic hydroxyl groups is 1. The van der Waals surface area contributed by atoms with Crippen molar-refractivity contribution in [1.82, 2.24) is 0 Å². The fourth-order valence-corrected chi connectivity index (χ4v) is 1.48. The molecule has 2 N–H and O–H groups in total. The van der Waals surface area contributed by atoms with Crippen molar-refractivity contribution in [2.75, 3.05) is 27.7 Å². The summed E-state index contributed by atoms with van der Waals surface area (Å²) in [5, 5.41) is 18.7. The maximum absolute atomic E-state index is 10.8. The highest BCUT2D eigenvalue weighted by Gasteiger charge is 2.29. The highest BCUT2D eigenvalue weighted by Crippen LogP contribution is 2.14. The number of quaternary nitrogens is 1. The monoisotopic (exact) mass is 204 g/mol. The first kappa shape index (κ1) is 13.4. The van der Waals surface area contributed by atoms with Crippen molar-refractivity contribution < 1.29 is 19.5 Å². The second-order valence-electron chi connectivity index (χ2n) is 4.77. The van der Waals surface area contributed by atoms with E-state index < -0.39 is 18.0 Å². The summed E-state index contributed by atoms with van der Waals surface area (Å²) in [6.45, 7) is 2.39. The van der Waals surface area contributed by atoms with Crippen molar-refractivity contribution >= 4 is 5.97 Å². The molecule has 0 aliphatic heterocycles. The summed E-state index contributed by atoms with van der Waals surface area (Å²) in [5.74, 6) is -1.52. The van der Waals surface area contributed by atoms with Crippen molar-refractivity contribution in [2.45, 2.75) is 25.9 Å². The topological polar surface area (TPSA) is 57.5 Å². The minimum absolute atomic E-state index is 0.469. The van der Waals surface area contributed by atoms with E-state index in [1.54, 1.807) is 0 Å². The van der Waals surface area contributed by atoms with E-state index in [0.29, 0.717) is 17.4 Å². The van der Waals surface area contributed by atoms with Crippen molar-refractivity contribution in [3.63, 3.8) is 0 Å². The van der Waals surface area contributed by atoms with Crippen molar-refractivity contribution in [3.05, 3.63) is 0 Å². The van der Waals surface area contributed by atoms with Crippen molar-refractivity contribution in [1.29, 1.82) is 0 Å². The van der Waals surface area contributed by atoms with Gasteiger partial charge in [-0.25, -0.2) is 0 Å². The molecule has 2 atom stereocenters. The number of nitrogens with zero attached hydrogens (tertiary/aromatic N) is 1. The Kier molecular flexibility index (Phi) is 5.08. The normalized spacial score (nSPS) is 16.4. The standard InChI is InChI=1S/C10H21NO3/c1-5-6-8(10(13)14)9(12)7-11(2,3)4/h8-9,12H,5-7H2,1-4H3/p+1. The summed E-state index contributed by atoms with van der Waals surface area (Å²) in [4.78, 5) is 10.8. The Bertz CT molecular complexity index is 186. The van der Waals surface area contributed by atoms with Gasteiger partial charge in [-0.05, 0) is 6.42 Å². The summed E-state index contributed by atoms with van der Waals surface area (Å²) in [7, 11) is 5.82. The van der Waals surface area contributed by atoms with Gasteiger partial charge in [0.15, 0.2) is 0 Å². The first-order valence-corrected chi connectivity index (χ1v) is 4.99. The van der Waals surface area contributed by atoms with E-state index in [4.69, 9.17) is 5.11 Å². The number of hydrogen-bond acceptors (Lipinski definition) is 2. The van der Waals surface area contributed by atoms with Gasteiger partial charge in [-0.3, -0.25) is 4.79 Å². The summed E-state index contributed by atoms with van der Waals surface area (Å²) in [6, 6.07) is 0. The van der Waals surface area contributed by atoms with Crippen LogP contribution in [0.15, 0.2) is 0 Å². The van der Waals surface area contributed by atoms with Crippen LogP contribution in [0.2, 0.25) is 0 Å². The summed E-state index contributed by atoms with van der Waals surface area (Å²) in [5.41, 5.74) is 0. The number of aliphatic hydroxyl groups excluding tert-OH is 1. The Labute approximate surface area is 85.7 Å². The van der Waals surface area contributed by atoms with Crippen LogP contribution in [-0.2, 0) is 4.79 Å². The van der Waals surface area contributed by atoms with Crippen LogP contribution in [0.4, 0.5) is 0 Å². The highest BCUT2D eigenvalue weighted by atomic mass is 16.4. The van der Waals surface area contributed by atoms with Crippen LogP contribution in [0.1, 0.15) is 19.8 Å². The number of hydrogen-bond donors (Lipinski definition) is 2. The third kappa shape index (κ3) is 5.19. The Morgan fingerprint density at radius 3 is 2.14 bits per heavy atom. The van der Waals surface area contributed by atoms with Gasteiger partial charge < -0.3 is 14.7 Å². The summed E-state index contributed by atoms with van der Waals surface area (Å²) in [6.07, 6.45) is 0.564. The number of rotatable bonds is 6. The minimum atomic E-state index is -0.896. The van der Waals surface area contributed by atoms with E-state index in [-0.39, 0.29) is 0 Å². The van der Waals surface area contributed by atoms with Crippen LogP contribution in [0.25, 0.3) is 0 Å². The fourth-order valence-electron chi connectivity index (χ4n) is 1.48. The molecule has 0 aromatic heterocycles.